The summed E-state index contributed by atoms with van der Waals surface area (Å²) >= 11 is 3.34. The Morgan fingerprint density at radius 2 is 2.19 bits per heavy atom. The summed E-state index contributed by atoms with van der Waals surface area (Å²) in [4.78, 5) is 23.9. The summed E-state index contributed by atoms with van der Waals surface area (Å²) in [5, 5.41) is 10.4. The largest absolute Gasteiger partial charge is 0.457 e. The number of halogens is 1. The van der Waals surface area contributed by atoms with E-state index in [1.807, 2.05) is 0 Å². The first-order valence-electron chi connectivity index (χ1n) is 7.43. The molecule has 2 heterocycles. The summed E-state index contributed by atoms with van der Waals surface area (Å²) in [6.45, 7) is 1.79. The lowest BCUT2D eigenvalue weighted by molar-refractivity contribution is 0.0700. The fourth-order valence-corrected chi connectivity index (χ4v) is 2.39. The highest BCUT2D eigenvalue weighted by Gasteiger charge is 2.14. The zero-order chi connectivity index (χ0) is 18.5. The minimum absolute atomic E-state index is 0.0815. The van der Waals surface area contributed by atoms with Crippen LogP contribution < -0.4 is 10.2 Å². The second-order valence-corrected chi connectivity index (χ2v) is 6.10. The van der Waals surface area contributed by atoms with Crippen molar-refractivity contribution in [2.24, 2.45) is 5.10 Å². The van der Waals surface area contributed by atoms with E-state index in [1.54, 1.807) is 37.3 Å². The van der Waals surface area contributed by atoms with Gasteiger partial charge >= 0.3 is 5.97 Å². The van der Waals surface area contributed by atoms with Gasteiger partial charge < -0.3 is 9.15 Å². The van der Waals surface area contributed by atoms with Gasteiger partial charge in [0.1, 0.15) is 5.75 Å². The number of hydrazone groups is 1. The minimum atomic E-state index is -0.636. The molecule has 0 saturated carbocycles. The van der Waals surface area contributed by atoms with Gasteiger partial charge in [-0.3, -0.25) is 9.89 Å². The molecule has 0 bridgehead atoms. The molecular formula is C17H13BrN4O4. The van der Waals surface area contributed by atoms with Crippen LogP contribution in [0.4, 0.5) is 0 Å². The molecular weight excluding hydrogens is 404 g/mol. The Kier molecular flexibility index (Phi) is 5.28. The molecule has 0 aliphatic carbocycles. The summed E-state index contributed by atoms with van der Waals surface area (Å²) in [7, 11) is 0. The lowest BCUT2D eigenvalue weighted by atomic mass is 10.2. The number of nitrogens with one attached hydrogen (secondary N) is 2. The minimum Gasteiger partial charge on any atom is -0.457 e. The number of aromatic nitrogens is 2. The summed E-state index contributed by atoms with van der Waals surface area (Å²) in [5.74, 6) is -0.751. The van der Waals surface area contributed by atoms with Crippen molar-refractivity contribution in [2.75, 3.05) is 0 Å². The Balaban J connectivity index is 1.73. The maximum absolute atomic E-state index is 12.0. The molecule has 0 fully saturated rings. The number of amides is 1. The van der Waals surface area contributed by atoms with Gasteiger partial charge in [0.25, 0.3) is 5.91 Å². The van der Waals surface area contributed by atoms with Gasteiger partial charge in [-0.2, -0.15) is 10.2 Å². The molecule has 2 aromatic heterocycles. The number of hydrogen-bond donors (Lipinski definition) is 2. The van der Waals surface area contributed by atoms with Gasteiger partial charge in [-0.05, 0) is 43.3 Å². The molecule has 0 unspecified atom stereocenters. The number of aromatic amines is 1. The molecule has 0 atom stereocenters. The van der Waals surface area contributed by atoms with E-state index < -0.39 is 11.9 Å². The Morgan fingerprint density at radius 1 is 1.35 bits per heavy atom. The number of furan rings is 1. The number of nitrogens with zero attached hydrogens (tertiary/aromatic N) is 2. The topological polar surface area (TPSA) is 110 Å². The van der Waals surface area contributed by atoms with Crippen LogP contribution in [0.1, 0.15) is 32.3 Å². The number of rotatable bonds is 5. The third-order valence-corrected chi connectivity index (χ3v) is 3.70. The summed E-state index contributed by atoms with van der Waals surface area (Å²) in [6, 6.07) is 9.70. The van der Waals surface area contributed by atoms with Crippen LogP contribution in [-0.2, 0) is 0 Å². The van der Waals surface area contributed by atoms with Crippen LogP contribution >= 0.6 is 15.9 Å². The highest BCUT2D eigenvalue weighted by Crippen LogP contribution is 2.23. The zero-order valence-corrected chi connectivity index (χ0v) is 15.1. The highest BCUT2D eigenvalue weighted by atomic mass is 79.9. The molecule has 9 heteroatoms. The number of carbonyl (C=O) groups excluding carboxylic acids is 2. The third-order valence-electron chi connectivity index (χ3n) is 3.21. The summed E-state index contributed by atoms with van der Waals surface area (Å²) in [6.07, 6.45) is 2.75. The number of esters is 1. The van der Waals surface area contributed by atoms with Gasteiger partial charge in [-0.25, -0.2) is 10.2 Å². The molecule has 0 saturated heterocycles. The average molecular weight is 417 g/mol. The predicted octanol–water partition coefficient (Wildman–Crippen LogP) is 3.06. The standard InChI is InChI=1S/C17H13BrN4O4/c1-10-7-13(21-20-10)16(23)22-19-9-11-8-12(18)4-5-14(11)26-17(24)15-3-2-6-25-15/h2-9H,1H3,(H,20,21)(H,22,23)/b19-9+. The smallest absolute Gasteiger partial charge is 0.379 e. The molecule has 0 aliphatic heterocycles. The van der Waals surface area contributed by atoms with Crippen molar-refractivity contribution in [1.29, 1.82) is 0 Å². The Hall–Kier alpha value is -3.20. The maximum atomic E-state index is 12.0. The van der Waals surface area contributed by atoms with E-state index in [1.165, 1.54) is 18.5 Å². The number of carbonyl (C=O) groups is 2. The van der Waals surface area contributed by atoms with E-state index in [4.69, 9.17) is 9.15 Å². The van der Waals surface area contributed by atoms with Crippen molar-refractivity contribution in [2.45, 2.75) is 6.92 Å². The molecule has 132 valence electrons. The fraction of sp³-hybridized carbons (Fsp3) is 0.0588. The first-order chi connectivity index (χ1) is 12.5. The Morgan fingerprint density at radius 3 is 2.88 bits per heavy atom. The molecule has 0 spiro atoms. The van der Waals surface area contributed by atoms with Crippen LogP contribution in [-0.4, -0.2) is 28.3 Å². The predicted molar refractivity (Wildman–Crippen MR) is 96.2 cm³/mol. The molecule has 0 aliphatic rings. The number of ether oxygens (including phenoxy) is 1. The Labute approximate surface area is 156 Å². The monoisotopic (exact) mass is 416 g/mol. The second kappa shape index (κ2) is 7.79. The Bertz CT molecular complexity index is 963. The van der Waals surface area contributed by atoms with Gasteiger partial charge in [0.2, 0.25) is 5.76 Å². The van der Waals surface area contributed by atoms with Gasteiger partial charge in [0.15, 0.2) is 5.69 Å². The van der Waals surface area contributed by atoms with Crippen LogP contribution in [0, 0.1) is 6.92 Å². The lowest BCUT2D eigenvalue weighted by Crippen LogP contribution is -2.18. The average Bonchev–Trinajstić information content (AvgIpc) is 3.28. The van der Waals surface area contributed by atoms with Crippen LogP contribution in [0.3, 0.4) is 0 Å². The number of aryl methyl sites for hydroxylation is 1. The van der Waals surface area contributed by atoms with Gasteiger partial charge in [-0.1, -0.05) is 15.9 Å². The number of H-pyrrole nitrogens is 1. The van der Waals surface area contributed by atoms with Crippen LogP contribution in [0.15, 0.2) is 56.7 Å². The van der Waals surface area contributed by atoms with E-state index in [0.717, 1.165) is 10.2 Å². The maximum Gasteiger partial charge on any atom is 0.379 e. The highest BCUT2D eigenvalue weighted by molar-refractivity contribution is 9.10. The van der Waals surface area contributed by atoms with Crippen LogP contribution in [0.25, 0.3) is 0 Å². The van der Waals surface area contributed by atoms with E-state index >= 15 is 0 Å². The first-order valence-corrected chi connectivity index (χ1v) is 8.23. The van der Waals surface area contributed by atoms with E-state index in [0.29, 0.717) is 5.56 Å². The molecule has 3 rings (SSSR count). The molecule has 1 amide bonds. The van der Waals surface area contributed by atoms with Crippen LogP contribution in [0.2, 0.25) is 0 Å². The number of benzene rings is 1. The summed E-state index contributed by atoms with van der Waals surface area (Å²) in [5.41, 5.74) is 3.83. The second-order valence-electron chi connectivity index (χ2n) is 5.18. The van der Waals surface area contributed by atoms with Crippen molar-refractivity contribution in [3.8, 4) is 5.75 Å². The fourth-order valence-electron chi connectivity index (χ4n) is 2.01. The SMILES string of the molecule is Cc1cc(C(=O)N/N=C/c2cc(Br)ccc2OC(=O)c2ccco2)n[nH]1. The molecule has 2 N–H and O–H groups in total. The molecule has 0 radical (unpaired) electrons. The molecule has 8 nitrogen and oxygen atoms in total. The van der Waals surface area contributed by atoms with E-state index in [-0.39, 0.29) is 17.2 Å². The van der Waals surface area contributed by atoms with E-state index in [9.17, 15) is 9.59 Å². The van der Waals surface area contributed by atoms with Crippen molar-refractivity contribution in [3.05, 3.63) is 69.8 Å². The third kappa shape index (κ3) is 4.25. The lowest BCUT2D eigenvalue weighted by Gasteiger charge is -2.06. The van der Waals surface area contributed by atoms with Crippen molar-refractivity contribution < 1.29 is 18.7 Å². The van der Waals surface area contributed by atoms with Gasteiger partial charge in [0.05, 0.1) is 12.5 Å². The first kappa shape index (κ1) is 17.6. The van der Waals surface area contributed by atoms with Gasteiger partial charge in [-0.15, -0.1) is 0 Å². The quantitative estimate of drug-likeness (QED) is 0.287. The molecule has 26 heavy (non-hydrogen) atoms. The molecule has 3 aromatic rings. The van der Waals surface area contributed by atoms with Crippen molar-refractivity contribution in [1.82, 2.24) is 15.6 Å². The normalized spacial score (nSPS) is 10.8. The van der Waals surface area contributed by atoms with Gasteiger partial charge in [0, 0.05) is 15.7 Å². The zero-order valence-electron chi connectivity index (χ0n) is 13.5. The van der Waals surface area contributed by atoms with Crippen LogP contribution in [0.5, 0.6) is 5.75 Å². The van der Waals surface area contributed by atoms with Crippen molar-refractivity contribution in [3.63, 3.8) is 0 Å². The number of hydrogen-bond acceptors (Lipinski definition) is 6. The van der Waals surface area contributed by atoms with Crippen molar-refractivity contribution >= 4 is 34.0 Å². The molecule has 1 aromatic carbocycles. The van der Waals surface area contributed by atoms with E-state index in [2.05, 4.69) is 36.7 Å². The summed E-state index contributed by atoms with van der Waals surface area (Å²) < 4.78 is 11.1.